The monoisotopic (exact) mass is 672 g/mol. The lowest BCUT2D eigenvalue weighted by atomic mass is 9.78. The molecule has 9 nitrogen and oxygen atoms in total. The number of rotatable bonds is 17. The van der Waals surface area contributed by atoms with Crippen LogP contribution < -0.4 is 9.05 Å². The Kier molecular flexibility index (Phi) is 18.6. The maximum atomic E-state index is 9.75. The van der Waals surface area contributed by atoms with Gasteiger partial charge in [-0.15, -0.1) is 0 Å². The molecule has 0 heterocycles. The molecule has 0 aliphatic heterocycles. The van der Waals surface area contributed by atoms with E-state index >= 15 is 0 Å². The lowest BCUT2D eigenvalue weighted by Crippen LogP contribution is -2.37. The first-order valence-electron chi connectivity index (χ1n) is 15.8. The van der Waals surface area contributed by atoms with Crippen molar-refractivity contribution in [3.8, 4) is 11.5 Å². The van der Waals surface area contributed by atoms with Gasteiger partial charge in [-0.25, -0.2) is 4.31 Å². The molecular weight excluding hydrogens is 614 g/mol. The SMILES string of the molecule is CCCCCCCCc1ccccc1OP(Oc1c(C(C)(C)C)cc(C)cc1C(C)(C)C)OP(O)O.OCC(CO)(CO)CO. The lowest BCUT2D eigenvalue weighted by Gasteiger charge is -2.31. The Labute approximate surface area is 273 Å². The summed E-state index contributed by atoms with van der Waals surface area (Å²) in [6.45, 7) is 15.6. The summed E-state index contributed by atoms with van der Waals surface area (Å²) in [5.74, 6) is 1.35. The minimum absolute atomic E-state index is 0.193. The van der Waals surface area contributed by atoms with Crippen molar-refractivity contribution in [3.05, 3.63) is 58.7 Å². The third kappa shape index (κ3) is 14.5. The van der Waals surface area contributed by atoms with E-state index in [1.807, 2.05) is 18.2 Å². The van der Waals surface area contributed by atoms with E-state index in [4.69, 9.17) is 33.8 Å². The molecule has 0 aliphatic rings. The zero-order valence-corrected chi connectivity index (χ0v) is 30.3. The van der Waals surface area contributed by atoms with Crippen LogP contribution in [0.4, 0.5) is 0 Å². The molecule has 0 bridgehead atoms. The van der Waals surface area contributed by atoms with E-state index < -0.39 is 49.0 Å². The van der Waals surface area contributed by atoms with Crippen molar-refractivity contribution in [2.24, 2.45) is 5.41 Å². The number of aliphatic hydroxyl groups excluding tert-OH is 4. The molecule has 45 heavy (non-hydrogen) atoms. The Morgan fingerprint density at radius 1 is 0.689 bits per heavy atom. The lowest BCUT2D eigenvalue weighted by molar-refractivity contribution is -0.0328. The van der Waals surface area contributed by atoms with Gasteiger partial charge in [0.1, 0.15) is 11.5 Å². The third-order valence-electron chi connectivity index (χ3n) is 7.44. The van der Waals surface area contributed by atoms with Crippen molar-refractivity contribution in [1.82, 2.24) is 0 Å². The Morgan fingerprint density at radius 2 is 1.18 bits per heavy atom. The number of unbranched alkanes of at least 4 members (excludes halogenated alkanes) is 5. The summed E-state index contributed by atoms with van der Waals surface area (Å²) >= 11 is 0. The largest absolute Gasteiger partial charge is 0.470 e. The second-order valence-electron chi connectivity index (χ2n) is 13.7. The first-order valence-corrected chi connectivity index (χ1v) is 18.0. The fraction of sp³-hybridized carbons (Fsp3) is 0.647. The molecule has 258 valence electrons. The van der Waals surface area contributed by atoms with Crippen LogP contribution in [0.25, 0.3) is 0 Å². The van der Waals surface area contributed by atoms with Crippen molar-refractivity contribution in [1.29, 1.82) is 0 Å². The third-order valence-corrected chi connectivity index (χ3v) is 9.24. The van der Waals surface area contributed by atoms with Gasteiger partial charge in [-0.05, 0) is 42.2 Å². The van der Waals surface area contributed by atoms with E-state index in [1.54, 1.807) is 0 Å². The molecule has 0 aromatic heterocycles. The smallest absolute Gasteiger partial charge is 0.417 e. The molecule has 0 saturated carbocycles. The van der Waals surface area contributed by atoms with E-state index in [0.717, 1.165) is 35.1 Å². The van der Waals surface area contributed by atoms with E-state index in [-0.39, 0.29) is 10.8 Å². The van der Waals surface area contributed by atoms with Crippen LogP contribution in [0, 0.1) is 12.3 Å². The highest BCUT2D eigenvalue weighted by atomic mass is 31.2. The number of aliphatic hydroxyl groups is 4. The van der Waals surface area contributed by atoms with Gasteiger partial charge in [-0.3, -0.25) is 0 Å². The summed E-state index contributed by atoms with van der Waals surface area (Å²) in [7, 11) is -4.77. The van der Waals surface area contributed by atoms with Gasteiger partial charge in [0, 0.05) is 11.1 Å². The van der Waals surface area contributed by atoms with Gasteiger partial charge in [0.05, 0.1) is 31.8 Å². The number of benzene rings is 2. The molecular formula is C34H58O9P2. The highest BCUT2D eigenvalue weighted by Gasteiger charge is 2.32. The molecule has 0 fully saturated rings. The molecule has 1 atom stereocenters. The van der Waals surface area contributed by atoms with Crippen molar-refractivity contribution >= 4 is 17.2 Å². The van der Waals surface area contributed by atoms with E-state index in [0.29, 0.717) is 11.5 Å². The van der Waals surface area contributed by atoms with Crippen LogP contribution in [0.1, 0.15) is 109 Å². The van der Waals surface area contributed by atoms with Crippen LogP contribution in [0.2, 0.25) is 0 Å². The van der Waals surface area contributed by atoms with Gasteiger partial charge >= 0.3 is 17.2 Å². The zero-order chi connectivity index (χ0) is 34.3. The van der Waals surface area contributed by atoms with Crippen LogP contribution >= 0.6 is 17.2 Å². The highest BCUT2D eigenvalue weighted by Crippen LogP contribution is 2.54. The Hall–Kier alpha value is -1.38. The fourth-order valence-electron chi connectivity index (χ4n) is 4.45. The topological polar surface area (TPSA) is 149 Å². The molecule has 0 saturated heterocycles. The van der Waals surface area contributed by atoms with Crippen molar-refractivity contribution < 1.29 is 43.6 Å². The molecule has 0 spiro atoms. The second-order valence-corrected chi connectivity index (χ2v) is 15.7. The summed E-state index contributed by atoms with van der Waals surface area (Å²) < 4.78 is 18.1. The minimum atomic E-state index is -2.66. The van der Waals surface area contributed by atoms with Crippen molar-refractivity contribution in [3.63, 3.8) is 0 Å². The van der Waals surface area contributed by atoms with Crippen LogP contribution in [0.3, 0.4) is 0 Å². The molecule has 0 amide bonds. The minimum Gasteiger partial charge on any atom is -0.417 e. The summed E-state index contributed by atoms with van der Waals surface area (Å²) in [6.07, 6.45) is 8.21. The first kappa shape index (κ1) is 41.6. The van der Waals surface area contributed by atoms with Crippen molar-refractivity contribution in [2.75, 3.05) is 26.4 Å². The number of aryl methyl sites for hydroxylation is 2. The van der Waals surface area contributed by atoms with Gasteiger partial charge in [-0.1, -0.05) is 116 Å². The molecule has 2 aromatic carbocycles. The molecule has 1 unspecified atom stereocenters. The predicted octanol–water partition coefficient (Wildman–Crippen LogP) is 7.35. The van der Waals surface area contributed by atoms with Gasteiger partial charge < -0.3 is 39.3 Å². The van der Waals surface area contributed by atoms with E-state index in [9.17, 15) is 9.79 Å². The first-order chi connectivity index (χ1) is 21.1. The van der Waals surface area contributed by atoms with Crippen LogP contribution in [0.15, 0.2) is 36.4 Å². The predicted molar refractivity (Wildman–Crippen MR) is 183 cm³/mol. The molecule has 2 aromatic rings. The standard InChI is InChI=1S/C29H46O5P2.C5H12O4/c1-9-10-11-12-13-14-17-23-18-15-16-19-26(23)32-36(34-35(30)31)33-27-24(28(3,4)5)20-22(2)21-25(27)29(6,7)8;6-1-5(2-7,3-8)4-9/h15-16,18-21,30-31H,9-14,17H2,1-8H3;6-9H,1-4H2. The molecule has 0 radical (unpaired) electrons. The Bertz CT molecular complexity index is 1060. The van der Waals surface area contributed by atoms with Crippen LogP contribution in [0.5, 0.6) is 11.5 Å². The van der Waals surface area contributed by atoms with Gasteiger partial charge in [0.15, 0.2) is 0 Å². The van der Waals surface area contributed by atoms with Gasteiger partial charge in [-0.2, -0.15) is 0 Å². The number of para-hydroxylation sites is 1. The van der Waals surface area contributed by atoms with Crippen LogP contribution in [-0.2, 0) is 21.6 Å². The molecule has 6 N–H and O–H groups in total. The second kappa shape index (κ2) is 20.1. The summed E-state index contributed by atoms with van der Waals surface area (Å²) in [5, 5.41) is 34.0. The van der Waals surface area contributed by atoms with E-state index in [1.165, 1.54) is 32.1 Å². The summed E-state index contributed by atoms with van der Waals surface area (Å²) in [4.78, 5) is 19.5. The van der Waals surface area contributed by atoms with E-state index in [2.05, 4.69) is 73.6 Å². The van der Waals surface area contributed by atoms with Gasteiger partial charge in [0.25, 0.3) is 0 Å². The fourth-order valence-corrected chi connectivity index (χ4v) is 5.91. The van der Waals surface area contributed by atoms with Gasteiger partial charge in [0.2, 0.25) is 0 Å². The summed E-state index contributed by atoms with van der Waals surface area (Å²) in [6, 6.07) is 12.1. The Balaban J connectivity index is 0.000000975. The summed E-state index contributed by atoms with van der Waals surface area (Å²) in [5.41, 5.74) is 2.80. The Morgan fingerprint density at radius 3 is 1.62 bits per heavy atom. The highest BCUT2D eigenvalue weighted by molar-refractivity contribution is 7.55. The maximum Gasteiger partial charge on any atom is 0.470 e. The molecule has 2 rings (SSSR count). The molecule has 0 aliphatic carbocycles. The number of hydrogen-bond acceptors (Lipinski definition) is 9. The quantitative estimate of drug-likeness (QED) is 0.0749. The number of hydrogen-bond donors (Lipinski definition) is 6. The zero-order valence-electron chi connectivity index (χ0n) is 28.5. The average Bonchev–Trinajstić information content (AvgIpc) is 2.97. The van der Waals surface area contributed by atoms with Crippen LogP contribution in [-0.4, -0.2) is 56.6 Å². The molecule has 11 heteroatoms. The van der Waals surface area contributed by atoms with Crippen molar-refractivity contribution in [2.45, 2.75) is 111 Å². The average molecular weight is 673 g/mol. The maximum absolute atomic E-state index is 9.75. The normalized spacial score (nSPS) is 13.0.